The molecule has 0 aliphatic heterocycles. The highest BCUT2D eigenvalue weighted by atomic mass is 35.5. The van der Waals surface area contributed by atoms with Crippen LogP contribution in [-0.4, -0.2) is 17.0 Å². The number of carbonyl (C=O) groups excluding carboxylic acids is 1. The Kier molecular flexibility index (Phi) is 5.64. The molecule has 0 radical (unpaired) electrons. The molecule has 1 N–H and O–H groups in total. The second kappa shape index (κ2) is 7.94. The summed E-state index contributed by atoms with van der Waals surface area (Å²) < 4.78 is 1.54. The van der Waals surface area contributed by atoms with Crippen LogP contribution in [0.15, 0.2) is 53.3 Å². The van der Waals surface area contributed by atoms with Crippen LogP contribution in [0.1, 0.15) is 22.3 Å². The highest BCUT2D eigenvalue weighted by Crippen LogP contribution is 2.23. The van der Waals surface area contributed by atoms with Crippen molar-refractivity contribution >= 4 is 40.0 Å². The molecule has 0 aliphatic rings. The maximum atomic E-state index is 12.5. The normalized spacial score (nSPS) is 10.9. The van der Waals surface area contributed by atoms with Crippen LogP contribution in [-0.2, 0) is 13.5 Å². The maximum absolute atomic E-state index is 12.5. The van der Waals surface area contributed by atoms with Gasteiger partial charge in [-0.15, -0.1) is 0 Å². The van der Waals surface area contributed by atoms with Gasteiger partial charge in [-0.1, -0.05) is 47.5 Å². The molecular formula is C20H18Cl2N2O2. The van der Waals surface area contributed by atoms with Gasteiger partial charge in [-0.3, -0.25) is 9.59 Å². The standard InChI is InChI=1S/C20H18Cl2N2O2/c1-24-18-7-3-2-6-14(18)15(12-19(24)25)20(26)23-10-4-5-13-8-9-16(21)17(22)11-13/h2-3,6-9,11-12H,4-5,10H2,1H3,(H,23,26). The number of aromatic nitrogens is 1. The molecule has 0 saturated heterocycles. The zero-order valence-electron chi connectivity index (χ0n) is 14.3. The van der Waals surface area contributed by atoms with Crippen LogP contribution in [0.5, 0.6) is 0 Å². The monoisotopic (exact) mass is 388 g/mol. The third-order valence-electron chi connectivity index (χ3n) is 4.31. The van der Waals surface area contributed by atoms with E-state index in [2.05, 4.69) is 5.32 Å². The van der Waals surface area contributed by atoms with Crippen LogP contribution >= 0.6 is 23.2 Å². The molecule has 0 fully saturated rings. The first-order chi connectivity index (χ1) is 12.5. The van der Waals surface area contributed by atoms with Crippen molar-refractivity contribution in [3.8, 4) is 0 Å². The van der Waals surface area contributed by atoms with Gasteiger partial charge in [0.1, 0.15) is 0 Å². The molecule has 2 aromatic carbocycles. The van der Waals surface area contributed by atoms with E-state index >= 15 is 0 Å². The third-order valence-corrected chi connectivity index (χ3v) is 5.05. The van der Waals surface area contributed by atoms with E-state index in [4.69, 9.17) is 23.2 Å². The Labute approximate surface area is 161 Å². The number of para-hydroxylation sites is 1. The number of benzene rings is 2. The Bertz CT molecular complexity index is 1030. The van der Waals surface area contributed by atoms with Gasteiger partial charge in [0.2, 0.25) is 0 Å². The van der Waals surface area contributed by atoms with Gasteiger partial charge in [0.15, 0.2) is 0 Å². The molecule has 1 amide bonds. The molecule has 0 unspecified atom stereocenters. The van der Waals surface area contributed by atoms with Crippen molar-refractivity contribution < 1.29 is 4.79 Å². The zero-order chi connectivity index (χ0) is 18.7. The lowest BCUT2D eigenvalue weighted by atomic mass is 10.1. The number of pyridine rings is 1. The molecule has 0 aliphatic carbocycles. The molecule has 134 valence electrons. The van der Waals surface area contributed by atoms with Crippen LogP contribution in [0, 0.1) is 0 Å². The summed E-state index contributed by atoms with van der Waals surface area (Å²) in [6.07, 6.45) is 1.53. The summed E-state index contributed by atoms with van der Waals surface area (Å²) >= 11 is 11.9. The van der Waals surface area contributed by atoms with E-state index in [1.165, 1.54) is 10.6 Å². The minimum Gasteiger partial charge on any atom is -0.352 e. The summed E-state index contributed by atoms with van der Waals surface area (Å²) in [5.41, 5.74) is 2.00. The smallest absolute Gasteiger partial charge is 0.252 e. The summed E-state index contributed by atoms with van der Waals surface area (Å²) in [6.45, 7) is 0.503. The summed E-state index contributed by atoms with van der Waals surface area (Å²) in [5, 5.41) is 4.71. The predicted molar refractivity (Wildman–Crippen MR) is 106 cm³/mol. The SMILES string of the molecule is Cn1c(=O)cc(C(=O)NCCCc2ccc(Cl)c(Cl)c2)c2ccccc21. The Morgan fingerprint density at radius 3 is 2.62 bits per heavy atom. The summed E-state index contributed by atoms with van der Waals surface area (Å²) in [4.78, 5) is 24.6. The van der Waals surface area contributed by atoms with Crippen molar-refractivity contribution in [1.29, 1.82) is 0 Å². The van der Waals surface area contributed by atoms with E-state index in [9.17, 15) is 9.59 Å². The van der Waals surface area contributed by atoms with Gasteiger partial charge in [0.05, 0.1) is 21.1 Å². The number of halogens is 2. The number of aryl methyl sites for hydroxylation is 2. The molecule has 0 saturated carbocycles. The van der Waals surface area contributed by atoms with Crippen molar-refractivity contribution in [2.75, 3.05) is 6.54 Å². The van der Waals surface area contributed by atoms with Crippen molar-refractivity contribution in [2.24, 2.45) is 7.05 Å². The first kappa shape index (κ1) is 18.5. The quantitative estimate of drug-likeness (QED) is 0.665. The molecule has 0 spiro atoms. The molecule has 3 aromatic rings. The van der Waals surface area contributed by atoms with Gasteiger partial charge in [-0.05, 0) is 36.6 Å². The van der Waals surface area contributed by atoms with E-state index in [1.54, 1.807) is 13.1 Å². The predicted octanol–water partition coefficient (Wildman–Crippen LogP) is 4.21. The number of nitrogens with one attached hydrogen (secondary N) is 1. The van der Waals surface area contributed by atoms with E-state index < -0.39 is 0 Å². The number of hydrogen-bond acceptors (Lipinski definition) is 2. The van der Waals surface area contributed by atoms with E-state index in [-0.39, 0.29) is 11.5 Å². The molecule has 0 atom stereocenters. The topological polar surface area (TPSA) is 51.1 Å². The van der Waals surface area contributed by atoms with Gasteiger partial charge >= 0.3 is 0 Å². The lowest BCUT2D eigenvalue weighted by molar-refractivity contribution is 0.0954. The van der Waals surface area contributed by atoms with Crippen molar-refractivity contribution in [2.45, 2.75) is 12.8 Å². The molecule has 1 aromatic heterocycles. The Morgan fingerprint density at radius 1 is 1.08 bits per heavy atom. The number of nitrogens with zero attached hydrogens (tertiary/aromatic N) is 1. The van der Waals surface area contributed by atoms with E-state index in [1.807, 2.05) is 36.4 Å². The molecule has 0 bridgehead atoms. The minimum atomic E-state index is -0.243. The molecule has 1 heterocycles. The number of hydrogen-bond donors (Lipinski definition) is 1. The number of fused-ring (bicyclic) bond motifs is 1. The first-order valence-electron chi connectivity index (χ1n) is 8.28. The first-order valence-corrected chi connectivity index (χ1v) is 9.04. The maximum Gasteiger partial charge on any atom is 0.252 e. The van der Waals surface area contributed by atoms with Gasteiger partial charge in [0.25, 0.3) is 11.5 Å². The van der Waals surface area contributed by atoms with Crippen molar-refractivity contribution in [3.63, 3.8) is 0 Å². The molecular weight excluding hydrogens is 371 g/mol. The minimum absolute atomic E-state index is 0.204. The fourth-order valence-electron chi connectivity index (χ4n) is 2.88. The fraction of sp³-hybridized carbons (Fsp3) is 0.200. The number of carbonyl (C=O) groups is 1. The summed E-state index contributed by atoms with van der Waals surface area (Å²) in [7, 11) is 1.70. The van der Waals surface area contributed by atoms with Crippen LogP contribution in [0.4, 0.5) is 0 Å². The third kappa shape index (κ3) is 3.92. The Balaban J connectivity index is 1.67. The molecule has 26 heavy (non-hydrogen) atoms. The van der Waals surface area contributed by atoms with Gasteiger partial charge < -0.3 is 9.88 Å². The van der Waals surface area contributed by atoms with Gasteiger partial charge in [-0.2, -0.15) is 0 Å². The second-order valence-corrected chi connectivity index (χ2v) is 6.89. The Hall–Kier alpha value is -2.30. The number of rotatable bonds is 5. The van der Waals surface area contributed by atoms with Crippen LogP contribution in [0.25, 0.3) is 10.9 Å². The van der Waals surface area contributed by atoms with E-state index in [0.29, 0.717) is 22.2 Å². The fourth-order valence-corrected chi connectivity index (χ4v) is 3.20. The van der Waals surface area contributed by atoms with Crippen molar-refractivity contribution in [1.82, 2.24) is 9.88 Å². The van der Waals surface area contributed by atoms with Gasteiger partial charge in [-0.25, -0.2) is 0 Å². The number of amides is 1. The van der Waals surface area contributed by atoms with E-state index in [0.717, 1.165) is 29.3 Å². The van der Waals surface area contributed by atoms with Crippen molar-refractivity contribution in [3.05, 3.63) is 80.1 Å². The van der Waals surface area contributed by atoms with Gasteiger partial charge in [0, 0.05) is 25.0 Å². The zero-order valence-corrected chi connectivity index (χ0v) is 15.8. The average Bonchev–Trinajstić information content (AvgIpc) is 2.64. The summed E-state index contributed by atoms with van der Waals surface area (Å²) in [6, 6.07) is 14.3. The molecule has 4 nitrogen and oxygen atoms in total. The molecule has 3 rings (SSSR count). The molecule has 6 heteroatoms. The van der Waals surface area contributed by atoms with Crippen LogP contribution in [0.2, 0.25) is 10.0 Å². The highest BCUT2D eigenvalue weighted by molar-refractivity contribution is 6.42. The van der Waals surface area contributed by atoms with Crippen LogP contribution < -0.4 is 10.9 Å². The highest BCUT2D eigenvalue weighted by Gasteiger charge is 2.12. The average molecular weight is 389 g/mol. The second-order valence-electron chi connectivity index (χ2n) is 6.08. The summed E-state index contributed by atoms with van der Waals surface area (Å²) in [5.74, 6) is -0.243. The Morgan fingerprint density at radius 2 is 1.85 bits per heavy atom. The van der Waals surface area contributed by atoms with Crippen LogP contribution in [0.3, 0.4) is 0 Å². The lowest BCUT2D eigenvalue weighted by Crippen LogP contribution is -2.28. The largest absolute Gasteiger partial charge is 0.352 e. The lowest BCUT2D eigenvalue weighted by Gasteiger charge is -2.10.